The van der Waals surface area contributed by atoms with E-state index in [0.717, 1.165) is 12.8 Å². The Morgan fingerprint density at radius 1 is 1.17 bits per heavy atom. The lowest BCUT2D eigenvalue weighted by Crippen LogP contribution is -2.49. The Balaban J connectivity index is 2.07. The highest BCUT2D eigenvalue weighted by molar-refractivity contribution is 6.29. The Morgan fingerprint density at radius 3 is 2.28 bits per heavy atom. The van der Waals surface area contributed by atoms with Gasteiger partial charge in [-0.2, -0.15) is 0 Å². The van der Waals surface area contributed by atoms with E-state index in [1.54, 1.807) is 12.1 Å². The molecule has 0 saturated carbocycles. The molecule has 18 heavy (non-hydrogen) atoms. The predicted octanol–water partition coefficient (Wildman–Crippen LogP) is 3.25. The van der Waals surface area contributed by atoms with Crippen molar-refractivity contribution in [3.8, 4) is 5.88 Å². The van der Waals surface area contributed by atoms with Gasteiger partial charge in [-0.25, -0.2) is 0 Å². The summed E-state index contributed by atoms with van der Waals surface area (Å²) in [6.45, 7) is 8.32. The van der Waals surface area contributed by atoms with Crippen LogP contribution in [0.2, 0.25) is 5.15 Å². The third kappa shape index (κ3) is 3.56. The number of halogens is 1. The van der Waals surface area contributed by atoms with Crippen LogP contribution in [-0.2, 0) is 4.74 Å². The van der Waals surface area contributed by atoms with Crippen molar-refractivity contribution < 1.29 is 9.47 Å². The van der Waals surface area contributed by atoms with Gasteiger partial charge >= 0.3 is 0 Å². The Hall–Kier alpha value is -0.870. The van der Waals surface area contributed by atoms with Crippen molar-refractivity contribution >= 4 is 11.6 Å². The Morgan fingerprint density at radius 2 is 1.78 bits per heavy atom. The molecule has 0 unspecified atom stereocenters. The molecule has 1 aromatic heterocycles. The maximum atomic E-state index is 6.01. The molecule has 5 heteroatoms. The highest BCUT2D eigenvalue weighted by Crippen LogP contribution is 2.36. The highest BCUT2D eigenvalue weighted by Gasteiger charge is 2.40. The lowest BCUT2D eigenvalue weighted by Gasteiger charge is -2.44. The molecule has 1 fully saturated rings. The topological polar surface area (TPSA) is 44.2 Å². The first-order valence-electron chi connectivity index (χ1n) is 6.12. The molecule has 2 heterocycles. The standard InChI is InChI=1S/C13H19ClN2O2/c1-12(2)7-9(8-13(3,4)18-12)17-11-6-5-10(14)15-16-11/h5-6,9H,7-8H2,1-4H3. The van der Waals surface area contributed by atoms with Crippen molar-refractivity contribution in [2.75, 3.05) is 0 Å². The van der Waals surface area contributed by atoms with E-state index in [1.807, 2.05) is 0 Å². The normalized spacial score (nSPS) is 22.7. The highest BCUT2D eigenvalue weighted by atomic mass is 35.5. The van der Waals surface area contributed by atoms with E-state index in [2.05, 4.69) is 37.9 Å². The molecule has 1 aliphatic rings. The number of nitrogens with zero attached hydrogens (tertiary/aromatic N) is 2. The Kier molecular flexibility index (Phi) is 3.52. The van der Waals surface area contributed by atoms with Crippen LogP contribution in [0.5, 0.6) is 5.88 Å². The third-order valence-corrected chi connectivity index (χ3v) is 3.09. The molecule has 0 N–H and O–H groups in total. The van der Waals surface area contributed by atoms with Crippen LogP contribution in [0.15, 0.2) is 12.1 Å². The van der Waals surface area contributed by atoms with Crippen LogP contribution in [-0.4, -0.2) is 27.5 Å². The number of ether oxygens (including phenoxy) is 2. The molecule has 0 radical (unpaired) electrons. The molecule has 100 valence electrons. The van der Waals surface area contributed by atoms with Crippen molar-refractivity contribution in [2.45, 2.75) is 57.8 Å². The average Bonchev–Trinajstić information content (AvgIpc) is 2.16. The summed E-state index contributed by atoms with van der Waals surface area (Å²) < 4.78 is 11.9. The fraction of sp³-hybridized carbons (Fsp3) is 0.692. The number of rotatable bonds is 2. The molecule has 0 aromatic carbocycles. The largest absolute Gasteiger partial charge is 0.473 e. The molecule has 0 amide bonds. The van der Waals surface area contributed by atoms with E-state index in [9.17, 15) is 0 Å². The van der Waals surface area contributed by atoms with Crippen molar-refractivity contribution in [1.29, 1.82) is 0 Å². The van der Waals surface area contributed by atoms with Crippen LogP contribution in [0.1, 0.15) is 40.5 Å². The molecule has 1 aliphatic heterocycles. The van der Waals surface area contributed by atoms with Gasteiger partial charge in [0.1, 0.15) is 6.10 Å². The summed E-state index contributed by atoms with van der Waals surface area (Å²) in [7, 11) is 0. The van der Waals surface area contributed by atoms with Gasteiger partial charge in [0.15, 0.2) is 5.15 Å². The molecule has 0 spiro atoms. The van der Waals surface area contributed by atoms with Crippen LogP contribution < -0.4 is 4.74 Å². The molecule has 1 saturated heterocycles. The van der Waals surface area contributed by atoms with Gasteiger partial charge in [0.05, 0.1) is 11.2 Å². The van der Waals surface area contributed by atoms with Gasteiger partial charge in [0, 0.05) is 18.9 Å². The van der Waals surface area contributed by atoms with Crippen molar-refractivity contribution in [1.82, 2.24) is 10.2 Å². The van der Waals surface area contributed by atoms with E-state index in [-0.39, 0.29) is 17.3 Å². The summed E-state index contributed by atoms with van der Waals surface area (Å²) in [6.07, 6.45) is 1.75. The molecular weight excluding hydrogens is 252 g/mol. The SMILES string of the molecule is CC1(C)CC(Oc2ccc(Cl)nn2)CC(C)(C)O1. The first-order chi connectivity index (χ1) is 8.26. The zero-order valence-corrected chi connectivity index (χ0v) is 12.0. The quantitative estimate of drug-likeness (QED) is 0.827. The second kappa shape index (κ2) is 4.67. The van der Waals surface area contributed by atoms with Gasteiger partial charge < -0.3 is 9.47 Å². The summed E-state index contributed by atoms with van der Waals surface area (Å²) in [5.41, 5.74) is -0.376. The summed E-state index contributed by atoms with van der Waals surface area (Å²) in [6, 6.07) is 3.42. The molecule has 2 rings (SSSR count). The van der Waals surface area contributed by atoms with Gasteiger partial charge in [0.25, 0.3) is 0 Å². The zero-order chi connectivity index (χ0) is 13.4. The van der Waals surface area contributed by atoms with Gasteiger partial charge in [-0.1, -0.05) is 11.6 Å². The minimum atomic E-state index is -0.188. The van der Waals surface area contributed by atoms with Crippen molar-refractivity contribution in [3.05, 3.63) is 17.3 Å². The fourth-order valence-corrected chi connectivity index (χ4v) is 2.72. The predicted molar refractivity (Wildman–Crippen MR) is 69.9 cm³/mol. The van der Waals surface area contributed by atoms with Crippen LogP contribution >= 0.6 is 11.6 Å². The molecular formula is C13H19ClN2O2. The summed E-state index contributed by atoms with van der Waals surface area (Å²) in [5, 5.41) is 8.07. The van der Waals surface area contributed by atoms with E-state index in [0.29, 0.717) is 11.0 Å². The van der Waals surface area contributed by atoms with Gasteiger partial charge in [-0.15, -0.1) is 10.2 Å². The molecule has 0 bridgehead atoms. The van der Waals surface area contributed by atoms with Crippen LogP contribution in [0.4, 0.5) is 0 Å². The first-order valence-corrected chi connectivity index (χ1v) is 6.50. The van der Waals surface area contributed by atoms with E-state index >= 15 is 0 Å². The summed E-state index contributed by atoms with van der Waals surface area (Å²) >= 11 is 5.70. The lowest BCUT2D eigenvalue weighted by atomic mass is 9.87. The third-order valence-electron chi connectivity index (χ3n) is 2.89. The average molecular weight is 271 g/mol. The fourth-order valence-electron chi connectivity index (χ4n) is 2.62. The zero-order valence-electron chi connectivity index (χ0n) is 11.2. The molecule has 4 nitrogen and oxygen atoms in total. The summed E-state index contributed by atoms with van der Waals surface area (Å²) in [4.78, 5) is 0. The first kappa shape index (κ1) is 13.6. The maximum Gasteiger partial charge on any atom is 0.233 e. The number of hydrogen-bond donors (Lipinski definition) is 0. The Bertz CT molecular complexity index is 402. The van der Waals surface area contributed by atoms with Gasteiger partial charge in [-0.3, -0.25) is 0 Å². The lowest BCUT2D eigenvalue weighted by molar-refractivity contribution is -0.182. The second-order valence-corrected chi connectivity index (χ2v) is 6.35. The van der Waals surface area contributed by atoms with Crippen LogP contribution in [0, 0.1) is 0 Å². The van der Waals surface area contributed by atoms with Crippen molar-refractivity contribution in [3.63, 3.8) is 0 Å². The smallest absolute Gasteiger partial charge is 0.233 e. The number of hydrogen-bond acceptors (Lipinski definition) is 4. The van der Waals surface area contributed by atoms with E-state index < -0.39 is 0 Å². The monoisotopic (exact) mass is 270 g/mol. The van der Waals surface area contributed by atoms with Gasteiger partial charge in [-0.05, 0) is 33.8 Å². The van der Waals surface area contributed by atoms with Crippen LogP contribution in [0.25, 0.3) is 0 Å². The molecule has 0 aliphatic carbocycles. The van der Waals surface area contributed by atoms with E-state index in [1.165, 1.54) is 0 Å². The van der Waals surface area contributed by atoms with Crippen molar-refractivity contribution in [2.24, 2.45) is 0 Å². The molecule has 1 aromatic rings. The summed E-state index contributed by atoms with van der Waals surface area (Å²) in [5.74, 6) is 0.512. The maximum absolute atomic E-state index is 6.01. The van der Waals surface area contributed by atoms with Gasteiger partial charge in [0.2, 0.25) is 5.88 Å². The second-order valence-electron chi connectivity index (χ2n) is 5.96. The number of aromatic nitrogens is 2. The Labute approximate surface area is 113 Å². The van der Waals surface area contributed by atoms with E-state index in [4.69, 9.17) is 21.1 Å². The van der Waals surface area contributed by atoms with Crippen LogP contribution in [0.3, 0.4) is 0 Å². The minimum absolute atomic E-state index is 0.0826. The molecule has 0 atom stereocenters. The minimum Gasteiger partial charge on any atom is -0.473 e.